The Kier molecular flexibility index (Phi) is 11.2. The molecule has 1 atom stereocenters. The van der Waals surface area contributed by atoms with E-state index >= 15 is 0 Å². The number of aromatic nitrogens is 2. The van der Waals surface area contributed by atoms with Crippen molar-refractivity contribution < 1.29 is 69.5 Å². The predicted octanol–water partition coefficient (Wildman–Crippen LogP) is 4.10. The van der Waals surface area contributed by atoms with E-state index in [0.717, 1.165) is 0 Å². The summed E-state index contributed by atoms with van der Waals surface area (Å²) in [6.07, 6.45) is -7.82. The Morgan fingerprint density at radius 3 is 2.07 bits per heavy atom. The Labute approximate surface area is 248 Å². The number of hydrogen-bond acceptors (Lipinski definition) is 8. The zero-order valence-corrected chi connectivity index (χ0v) is 22.6. The Morgan fingerprint density at radius 2 is 1.53 bits per heavy atom. The molecule has 3 aromatic rings. The number of morpholine rings is 1. The number of hydrogen-bond donors (Lipinski definition) is 4. The average molecular weight is 652 g/mol. The number of para-hydroxylation sites is 2. The number of halogens is 7. The molecule has 1 amide bonds. The summed E-state index contributed by atoms with van der Waals surface area (Å²) in [5.41, 5.74) is 2.12. The third kappa shape index (κ3) is 9.71. The third-order valence-electron chi connectivity index (χ3n) is 5.79. The van der Waals surface area contributed by atoms with Gasteiger partial charge in [0.15, 0.2) is 11.5 Å². The topological polar surface area (TPSA) is 163 Å². The van der Waals surface area contributed by atoms with E-state index < -0.39 is 42.1 Å². The number of carbonyl (C=O) groups excluding carboxylic acids is 1. The molecule has 5 rings (SSSR count). The molecule has 244 valence electrons. The van der Waals surface area contributed by atoms with Gasteiger partial charge in [-0.25, -0.2) is 14.0 Å². The Morgan fingerprint density at radius 1 is 0.956 bits per heavy atom. The molecule has 2 aliphatic rings. The van der Waals surface area contributed by atoms with Gasteiger partial charge in [0, 0.05) is 36.5 Å². The van der Waals surface area contributed by atoms with E-state index in [0.29, 0.717) is 60.3 Å². The van der Waals surface area contributed by atoms with Crippen LogP contribution in [-0.4, -0.2) is 89.6 Å². The zero-order valence-electron chi connectivity index (χ0n) is 22.6. The first-order valence-corrected chi connectivity index (χ1v) is 12.5. The summed E-state index contributed by atoms with van der Waals surface area (Å²) < 4.78 is 95.3. The highest BCUT2D eigenvalue weighted by molar-refractivity contribution is 5.98. The molecular formula is C26H23F7N4O8. The van der Waals surface area contributed by atoms with Crippen molar-refractivity contribution in [2.45, 2.75) is 18.5 Å². The number of fused-ring (bicyclic) bond motifs is 1. The fourth-order valence-corrected chi connectivity index (χ4v) is 3.71. The summed E-state index contributed by atoms with van der Waals surface area (Å²) in [6.45, 7) is 2.46. The summed E-state index contributed by atoms with van der Waals surface area (Å²) >= 11 is 0. The van der Waals surface area contributed by atoms with Gasteiger partial charge in [-0.1, -0.05) is 12.1 Å². The van der Waals surface area contributed by atoms with E-state index in [4.69, 9.17) is 34.0 Å². The van der Waals surface area contributed by atoms with Crippen molar-refractivity contribution >= 4 is 29.2 Å². The van der Waals surface area contributed by atoms with Crippen LogP contribution in [0.15, 0.2) is 48.8 Å². The number of rotatable bonds is 4. The second-order valence-electron chi connectivity index (χ2n) is 8.89. The highest BCUT2D eigenvalue weighted by Crippen LogP contribution is 2.36. The fraction of sp³-hybridized carbons (Fsp3) is 0.308. The molecule has 0 spiro atoms. The maximum absolute atomic E-state index is 15.0. The number of aromatic amines is 1. The van der Waals surface area contributed by atoms with Crippen LogP contribution < -0.4 is 19.7 Å². The van der Waals surface area contributed by atoms with Crippen molar-refractivity contribution in [2.24, 2.45) is 0 Å². The molecule has 1 fully saturated rings. The minimum atomic E-state index is -5.08. The van der Waals surface area contributed by atoms with Gasteiger partial charge in [0.1, 0.15) is 12.4 Å². The van der Waals surface area contributed by atoms with E-state index in [1.807, 2.05) is 12.1 Å². The molecule has 1 aromatic heterocycles. The first-order valence-electron chi connectivity index (χ1n) is 12.5. The van der Waals surface area contributed by atoms with E-state index in [2.05, 4.69) is 20.4 Å². The second kappa shape index (κ2) is 14.6. The molecule has 0 bridgehead atoms. The lowest BCUT2D eigenvalue weighted by Crippen LogP contribution is -2.41. The first-order chi connectivity index (χ1) is 21.1. The molecule has 12 nitrogen and oxygen atoms in total. The molecule has 19 heteroatoms. The summed E-state index contributed by atoms with van der Waals surface area (Å²) in [4.78, 5) is 32.8. The largest absolute Gasteiger partial charge is 0.490 e. The number of nitrogens with zero attached hydrogens (tertiary/aromatic N) is 2. The van der Waals surface area contributed by atoms with Gasteiger partial charge >= 0.3 is 24.3 Å². The van der Waals surface area contributed by atoms with Crippen molar-refractivity contribution in [3.8, 4) is 22.6 Å². The van der Waals surface area contributed by atoms with Crippen LogP contribution >= 0.6 is 0 Å². The van der Waals surface area contributed by atoms with Crippen molar-refractivity contribution in [2.75, 3.05) is 43.1 Å². The molecule has 45 heavy (non-hydrogen) atoms. The smallest absolute Gasteiger partial charge is 0.485 e. The second-order valence-corrected chi connectivity index (χ2v) is 8.89. The highest BCUT2D eigenvalue weighted by Gasteiger charge is 2.39. The molecule has 2 aromatic carbocycles. The van der Waals surface area contributed by atoms with Crippen molar-refractivity contribution in [1.29, 1.82) is 0 Å². The minimum Gasteiger partial charge on any atom is -0.485 e. The molecule has 0 unspecified atom stereocenters. The number of ether oxygens (including phenoxy) is 3. The SMILES string of the molecule is O=C(Nc1cc(F)c(-c2cn[nH]c2)cc1N1CCOCC1)[C@@H]1COc2ccccc2O1.O=C(O)C(F)(F)F.O=C(O)C(F)(F)F. The lowest BCUT2D eigenvalue weighted by atomic mass is 10.1. The molecule has 0 aliphatic carbocycles. The average Bonchev–Trinajstić information content (AvgIpc) is 3.52. The Bertz CT molecular complexity index is 1450. The van der Waals surface area contributed by atoms with Gasteiger partial charge in [-0.05, 0) is 18.2 Å². The van der Waals surface area contributed by atoms with Crippen molar-refractivity contribution in [3.63, 3.8) is 0 Å². The third-order valence-corrected chi connectivity index (χ3v) is 5.79. The van der Waals surface area contributed by atoms with Gasteiger partial charge in [0.05, 0.1) is 30.8 Å². The van der Waals surface area contributed by atoms with Gasteiger partial charge in [-0.2, -0.15) is 31.4 Å². The van der Waals surface area contributed by atoms with E-state index in [1.165, 1.54) is 6.07 Å². The predicted molar refractivity (Wildman–Crippen MR) is 139 cm³/mol. The highest BCUT2D eigenvalue weighted by atomic mass is 19.4. The summed E-state index contributed by atoms with van der Waals surface area (Å²) in [7, 11) is 0. The number of anilines is 2. The van der Waals surface area contributed by atoms with Gasteiger partial charge in [0.2, 0.25) is 6.10 Å². The number of aliphatic carboxylic acids is 2. The molecule has 1 saturated heterocycles. The standard InChI is InChI=1S/C22H21FN4O4.2C2HF3O2/c23-16-10-17(26-22(28)21-13-30-19-3-1-2-4-20(19)31-21)18(27-5-7-29-8-6-27)9-15(16)14-11-24-25-12-14;2*3-2(4,5)1(6)7/h1-4,9-12,21H,5-8,13H2,(H,24,25)(H,26,28);2*(H,6,7)/t21-;;/m0../s1. The summed E-state index contributed by atoms with van der Waals surface area (Å²) in [5, 5.41) is 23.7. The van der Waals surface area contributed by atoms with E-state index in [9.17, 15) is 35.5 Å². The van der Waals surface area contributed by atoms with Crippen LogP contribution in [0.1, 0.15) is 0 Å². The number of carboxylic acids is 2. The molecule has 0 radical (unpaired) electrons. The number of nitrogens with one attached hydrogen (secondary N) is 2. The quantitative estimate of drug-likeness (QED) is 0.302. The maximum atomic E-state index is 15.0. The monoisotopic (exact) mass is 652 g/mol. The number of amides is 1. The molecular weight excluding hydrogens is 629 g/mol. The lowest BCUT2D eigenvalue weighted by molar-refractivity contribution is -0.193. The number of carbonyl (C=O) groups is 3. The van der Waals surface area contributed by atoms with Gasteiger partial charge in [-0.15, -0.1) is 0 Å². The molecule has 0 saturated carbocycles. The Balaban J connectivity index is 0.000000331. The van der Waals surface area contributed by atoms with Crippen LogP contribution in [0.2, 0.25) is 0 Å². The van der Waals surface area contributed by atoms with Gasteiger partial charge in [-0.3, -0.25) is 9.89 Å². The number of carboxylic acid groups (broad SMARTS) is 2. The number of benzene rings is 2. The van der Waals surface area contributed by atoms with Crippen molar-refractivity contribution in [3.05, 3.63) is 54.6 Å². The molecule has 3 heterocycles. The lowest BCUT2D eigenvalue weighted by Gasteiger charge is -2.31. The molecule has 4 N–H and O–H groups in total. The van der Waals surface area contributed by atoms with Gasteiger partial charge in [0.25, 0.3) is 5.91 Å². The number of alkyl halides is 6. The van der Waals surface area contributed by atoms with Crippen LogP contribution in [0.4, 0.5) is 42.1 Å². The van der Waals surface area contributed by atoms with Crippen LogP contribution in [0.25, 0.3) is 11.1 Å². The molecule has 2 aliphatic heterocycles. The van der Waals surface area contributed by atoms with Crippen LogP contribution in [0.5, 0.6) is 11.5 Å². The van der Waals surface area contributed by atoms with Crippen LogP contribution in [0, 0.1) is 5.82 Å². The first kappa shape index (κ1) is 34.4. The Hall–Kier alpha value is -5.07. The fourth-order valence-electron chi connectivity index (χ4n) is 3.71. The maximum Gasteiger partial charge on any atom is 0.490 e. The minimum absolute atomic E-state index is 0.0747. The van der Waals surface area contributed by atoms with E-state index in [-0.39, 0.29) is 6.61 Å². The normalized spacial score (nSPS) is 15.9. The van der Waals surface area contributed by atoms with Gasteiger partial charge < -0.3 is 34.6 Å². The summed E-state index contributed by atoms with van der Waals surface area (Å²) in [5.74, 6) is -5.28. The zero-order chi connectivity index (χ0) is 33.4. The van der Waals surface area contributed by atoms with E-state index in [1.54, 1.807) is 30.6 Å². The number of H-pyrrole nitrogens is 1. The van der Waals surface area contributed by atoms with Crippen LogP contribution in [0.3, 0.4) is 0 Å². The summed E-state index contributed by atoms with van der Waals surface area (Å²) in [6, 6.07) is 10.2. The van der Waals surface area contributed by atoms with Crippen molar-refractivity contribution in [1.82, 2.24) is 10.2 Å². The van der Waals surface area contributed by atoms with Crippen LogP contribution in [-0.2, 0) is 19.1 Å².